The van der Waals surface area contributed by atoms with Crippen LogP contribution in [0.15, 0.2) is 0 Å². The topological polar surface area (TPSA) is 35.5 Å². The molecule has 1 saturated carbocycles. The Labute approximate surface area is 118 Å². The summed E-state index contributed by atoms with van der Waals surface area (Å²) in [4.78, 5) is 2.50. The molecule has 2 fully saturated rings. The third-order valence-electron chi connectivity index (χ3n) is 4.87. The molecule has 112 valence electrons. The van der Waals surface area contributed by atoms with E-state index in [-0.39, 0.29) is 6.10 Å². The average Bonchev–Trinajstić information content (AvgIpc) is 2.38. The maximum Gasteiger partial charge on any atom is 0.0667 e. The number of nitrogens with zero attached hydrogens (tertiary/aromatic N) is 1. The van der Waals surface area contributed by atoms with Crippen LogP contribution in [0.5, 0.6) is 0 Å². The normalized spacial score (nSPS) is 37.4. The quantitative estimate of drug-likeness (QED) is 0.803. The predicted molar refractivity (Wildman–Crippen MR) is 80.3 cm³/mol. The minimum absolute atomic E-state index is 0.0863. The van der Waals surface area contributed by atoms with Crippen molar-refractivity contribution in [2.75, 3.05) is 26.2 Å². The van der Waals surface area contributed by atoms with E-state index in [1.54, 1.807) is 0 Å². The summed E-state index contributed by atoms with van der Waals surface area (Å²) in [6, 6.07) is 0.704. The number of rotatable bonds is 5. The molecule has 1 aliphatic carbocycles. The minimum atomic E-state index is -0.0863. The molecule has 2 rings (SSSR count). The molecule has 0 aromatic heterocycles. The molecule has 0 bridgehead atoms. The van der Waals surface area contributed by atoms with Gasteiger partial charge >= 0.3 is 0 Å². The van der Waals surface area contributed by atoms with E-state index in [1.165, 1.54) is 38.8 Å². The molecule has 3 heteroatoms. The Bertz CT molecular complexity index is 257. The molecule has 4 unspecified atom stereocenters. The molecule has 0 aromatic rings. The lowest BCUT2D eigenvalue weighted by Gasteiger charge is -2.40. The van der Waals surface area contributed by atoms with Gasteiger partial charge in [-0.3, -0.25) is 0 Å². The van der Waals surface area contributed by atoms with Crippen LogP contribution in [-0.2, 0) is 0 Å². The lowest BCUT2D eigenvalue weighted by molar-refractivity contribution is 0.0495. The Kier molecular flexibility index (Phi) is 6.11. The standard InChI is InChI=1S/C16H32N2O/c1-3-8-17-16-7-6-13(2)10-14(16)11-18-9-4-5-15(19)12-18/h13-17,19H,3-12H2,1-2H3. The van der Waals surface area contributed by atoms with Crippen LogP contribution in [-0.4, -0.2) is 48.3 Å². The van der Waals surface area contributed by atoms with E-state index in [0.717, 1.165) is 37.8 Å². The van der Waals surface area contributed by atoms with Gasteiger partial charge in [0.05, 0.1) is 6.10 Å². The van der Waals surface area contributed by atoms with Crippen LogP contribution >= 0.6 is 0 Å². The zero-order chi connectivity index (χ0) is 13.7. The second-order valence-electron chi connectivity index (χ2n) is 6.79. The van der Waals surface area contributed by atoms with Crippen LogP contribution in [0.4, 0.5) is 0 Å². The van der Waals surface area contributed by atoms with Gasteiger partial charge in [-0.2, -0.15) is 0 Å². The van der Waals surface area contributed by atoms with Crippen LogP contribution in [0, 0.1) is 11.8 Å². The van der Waals surface area contributed by atoms with Crippen LogP contribution in [0.25, 0.3) is 0 Å². The van der Waals surface area contributed by atoms with E-state index in [0.29, 0.717) is 6.04 Å². The van der Waals surface area contributed by atoms with Crippen LogP contribution < -0.4 is 5.32 Å². The summed E-state index contributed by atoms with van der Waals surface area (Å²) in [5.41, 5.74) is 0. The van der Waals surface area contributed by atoms with Gasteiger partial charge in [-0.05, 0) is 63.5 Å². The molecule has 0 aromatic carbocycles. The molecule has 1 aliphatic heterocycles. The van der Waals surface area contributed by atoms with Gasteiger partial charge < -0.3 is 15.3 Å². The second kappa shape index (κ2) is 7.61. The first-order chi connectivity index (χ1) is 9.19. The fourth-order valence-electron chi connectivity index (χ4n) is 3.83. The van der Waals surface area contributed by atoms with Gasteiger partial charge in [0.2, 0.25) is 0 Å². The maximum atomic E-state index is 9.81. The number of piperidine rings is 1. The molecule has 1 heterocycles. The lowest BCUT2D eigenvalue weighted by Crippen LogP contribution is -2.48. The van der Waals surface area contributed by atoms with E-state index in [1.807, 2.05) is 0 Å². The van der Waals surface area contributed by atoms with E-state index in [4.69, 9.17) is 0 Å². The lowest BCUT2D eigenvalue weighted by atomic mass is 9.78. The Balaban J connectivity index is 1.85. The van der Waals surface area contributed by atoms with Gasteiger partial charge in [0.25, 0.3) is 0 Å². The number of β-amino-alcohol motifs (C(OH)–C–C–N with tert-alkyl or cyclic N) is 1. The third kappa shape index (κ3) is 4.73. The van der Waals surface area contributed by atoms with Crippen LogP contribution in [0.2, 0.25) is 0 Å². The Morgan fingerprint density at radius 2 is 2.11 bits per heavy atom. The summed E-state index contributed by atoms with van der Waals surface area (Å²) >= 11 is 0. The molecule has 2 N–H and O–H groups in total. The summed E-state index contributed by atoms with van der Waals surface area (Å²) in [6.45, 7) is 9.05. The summed E-state index contributed by atoms with van der Waals surface area (Å²) in [7, 11) is 0. The minimum Gasteiger partial charge on any atom is -0.392 e. The fraction of sp³-hybridized carbons (Fsp3) is 1.00. The largest absolute Gasteiger partial charge is 0.392 e. The van der Waals surface area contributed by atoms with Crippen molar-refractivity contribution in [1.82, 2.24) is 10.2 Å². The van der Waals surface area contributed by atoms with Crippen molar-refractivity contribution in [1.29, 1.82) is 0 Å². The van der Waals surface area contributed by atoms with Crippen molar-refractivity contribution in [3.05, 3.63) is 0 Å². The first-order valence-electron chi connectivity index (χ1n) is 8.32. The van der Waals surface area contributed by atoms with Crippen molar-refractivity contribution in [3.8, 4) is 0 Å². The van der Waals surface area contributed by atoms with Gasteiger partial charge in [0.1, 0.15) is 0 Å². The highest BCUT2D eigenvalue weighted by molar-refractivity contribution is 4.86. The van der Waals surface area contributed by atoms with Crippen molar-refractivity contribution in [2.45, 2.75) is 64.5 Å². The summed E-state index contributed by atoms with van der Waals surface area (Å²) in [5.74, 6) is 1.65. The van der Waals surface area contributed by atoms with Crippen molar-refractivity contribution >= 4 is 0 Å². The monoisotopic (exact) mass is 268 g/mol. The number of nitrogens with one attached hydrogen (secondary N) is 1. The van der Waals surface area contributed by atoms with Crippen molar-refractivity contribution in [2.24, 2.45) is 11.8 Å². The highest BCUT2D eigenvalue weighted by atomic mass is 16.3. The van der Waals surface area contributed by atoms with Gasteiger partial charge in [-0.25, -0.2) is 0 Å². The first kappa shape index (κ1) is 15.3. The number of hydrogen-bond donors (Lipinski definition) is 2. The van der Waals surface area contributed by atoms with E-state index in [2.05, 4.69) is 24.1 Å². The molecule has 1 saturated heterocycles. The van der Waals surface area contributed by atoms with E-state index >= 15 is 0 Å². The summed E-state index contributed by atoms with van der Waals surface area (Å²) in [5, 5.41) is 13.6. The van der Waals surface area contributed by atoms with Gasteiger partial charge in [-0.15, -0.1) is 0 Å². The van der Waals surface area contributed by atoms with Crippen molar-refractivity contribution in [3.63, 3.8) is 0 Å². The van der Waals surface area contributed by atoms with Gasteiger partial charge in [-0.1, -0.05) is 13.8 Å². The zero-order valence-corrected chi connectivity index (χ0v) is 12.8. The van der Waals surface area contributed by atoms with E-state index < -0.39 is 0 Å². The van der Waals surface area contributed by atoms with Crippen LogP contribution in [0.3, 0.4) is 0 Å². The Morgan fingerprint density at radius 1 is 1.26 bits per heavy atom. The first-order valence-corrected chi connectivity index (χ1v) is 8.32. The number of aliphatic hydroxyl groups excluding tert-OH is 1. The average molecular weight is 268 g/mol. The Morgan fingerprint density at radius 3 is 2.84 bits per heavy atom. The third-order valence-corrected chi connectivity index (χ3v) is 4.87. The summed E-state index contributed by atoms with van der Waals surface area (Å²) in [6.07, 6.45) is 7.36. The molecule has 0 radical (unpaired) electrons. The molecule has 3 nitrogen and oxygen atoms in total. The van der Waals surface area contributed by atoms with Crippen LogP contribution in [0.1, 0.15) is 52.4 Å². The molecule has 2 aliphatic rings. The number of aliphatic hydroxyl groups is 1. The maximum absolute atomic E-state index is 9.81. The SMILES string of the molecule is CCCNC1CCC(C)CC1CN1CCCC(O)C1. The smallest absolute Gasteiger partial charge is 0.0667 e. The fourth-order valence-corrected chi connectivity index (χ4v) is 3.83. The highest BCUT2D eigenvalue weighted by Crippen LogP contribution is 2.30. The molecule has 19 heavy (non-hydrogen) atoms. The molecule has 0 amide bonds. The molecular formula is C16H32N2O. The van der Waals surface area contributed by atoms with Gasteiger partial charge in [0, 0.05) is 19.1 Å². The zero-order valence-electron chi connectivity index (χ0n) is 12.8. The Hall–Kier alpha value is -0.120. The molecule has 4 atom stereocenters. The van der Waals surface area contributed by atoms with Crippen molar-refractivity contribution < 1.29 is 5.11 Å². The van der Waals surface area contributed by atoms with E-state index in [9.17, 15) is 5.11 Å². The van der Waals surface area contributed by atoms with Gasteiger partial charge in [0.15, 0.2) is 0 Å². The number of likely N-dealkylation sites (tertiary alicyclic amines) is 1. The number of hydrogen-bond acceptors (Lipinski definition) is 3. The molecule has 0 spiro atoms. The second-order valence-corrected chi connectivity index (χ2v) is 6.79. The molecular weight excluding hydrogens is 236 g/mol. The predicted octanol–water partition coefficient (Wildman–Crippen LogP) is 2.25. The summed E-state index contributed by atoms with van der Waals surface area (Å²) < 4.78 is 0. The highest BCUT2D eigenvalue weighted by Gasteiger charge is 2.30.